The van der Waals surface area contributed by atoms with Crippen LogP contribution in [0.25, 0.3) is 0 Å². The molecular weight excluding hydrogens is 204 g/mol. The van der Waals surface area contributed by atoms with E-state index in [0.29, 0.717) is 5.88 Å². The van der Waals surface area contributed by atoms with E-state index >= 15 is 0 Å². The maximum atomic E-state index is 11.2. The molecule has 0 saturated carbocycles. The minimum Gasteiger partial charge on any atom is -0.465 e. The van der Waals surface area contributed by atoms with Crippen molar-refractivity contribution in [2.24, 2.45) is 5.41 Å². The first kappa shape index (κ1) is 13.2. The van der Waals surface area contributed by atoms with Crippen molar-refractivity contribution in [2.75, 3.05) is 13.0 Å². The van der Waals surface area contributed by atoms with Crippen molar-refractivity contribution in [1.82, 2.24) is 0 Å². The van der Waals surface area contributed by atoms with Gasteiger partial charge in [0.25, 0.3) is 0 Å². The van der Waals surface area contributed by atoms with Gasteiger partial charge in [0.2, 0.25) is 0 Å². The van der Waals surface area contributed by atoms with Crippen LogP contribution < -0.4 is 0 Å². The van der Waals surface area contributed by atoms with E-state index in [4.69, 9.17) is 11.6 Å². The predicted octanol–water partition coefficient (Wildman–Crippen LogP) is 1.94. The van der Waals surface area contributed by atoms with Gasteiger partial charge in [-0.2, -0.15) is 0 Å². The molecule has 0 aromatic carbocycles. The molecule has 0 aromatic heterocycles. The van der Waals surface area contributed by atoms with Gasteiger partial charge in [0.05, 0.1) is 12.7 Å². The number of hydrogen-bond acceptors (Lipinski definition) is 3. The van der Waals surface area contributed by atoms with E-state index in [0.717, 1.165) is 0 Å². The highest BCUT2D eigenvalue weighted by Crippen LogP contribution is 2.21. The van der Waals surface area contributed by atoms with Crippen molar-refractivity contribution in [1.29, 1.82) is 0 Å². The standard InChI is InChI=1S/C10H15ClO3/c1-7(12)8(9(13)14-4)5-10(2,3)6-11/h5H,6H2,1-4H3/b8-5+. The zero-order valence-corrected chi connectivity index (χ0v) is 9.64. The Morgan fingerprint density at radius 2 is 1.93 bits per heavy atom. The second-order valence-corrected chi connectivity index (χ2v) is 4.00. The fourth-order valence-corrected chi connectivity index (χ4v) is 0.921. The van der Waals surface area contributed by atoms with Gasteiger partial charge in [0.15, 0.2) is 5.78 Å². The number of halogens is 1. The number of ketones is 1. The lowest BCUT2D eigenvalue weighted by Gasteiger charge is -2.17. The molecule has 3 nitrogen and oxygen atoms in total. The molecule has 0 rings (SSSR count). The lowest BCUT2D eigenvalue weighted by atomic mass is 9.92. The van der Waals surface area contributed by atoms with Crippen LogP contribution in [0.3, 0.4) is 0 Å². The highest BCUT2D eigenvalue weighted by molar-refractivity contribution is 6.19. The smallest absolute Gasteiger partial charge is 0.341 e. The molecule has 14 heavy (non-hydrogen) atoms. The number of hydrogen-bond donors (Lipinski definition) is 0. The third-order valence-electron chi connectivity index (χ3n) is 1.66. The van der Waals surface area contributed by atoms with Crippen LogP contribution in [0, 0.1) is 5.41 Å². The number of rotatable bonds is 4. The number of carbonyl (C=O) groups is 2. The molecule has 0 atom stereocenters. The van der Waals surface area contributed by atoms with Crippen LogP contribution in [0.2, 0.25) is 0 Å². The summed E-state index contributed by atoms with van der Waals surface area (Å²) in [7, 11) is 1.24. The molecule has 0 aliphatic carbocycles. The van der Waals surface area contributed by atoms with Crippen molar-refractivity contribution in [3.05, 3.63) is 11.6 Å². The third-order valence-corrected chi connectivity index (χ3v) is 2.35. The van der Waals surface area contributed by atoms with Crippen LogP contribution in [0.5, 0.6) is 0 Å². The van der Waals surface area contributed by atoms with E-state index in [1.165, 1.54) is 14.0 Å². The number of alkyl halides is 1. The van der Waals surface area contributed by atoms with Crippen molar-refractivity contribution < 1.29 is 14.3 Å². The molecule has 0 aliphatic heterocycles. The van der Waals surface area contributed by atoms with Gasteiger partial charge in [-0.25, -0.2) is 4.79 Å². The Bertz CT molecular complexity index is 267. The summed E-state index contributed by atoms with van der Waals surface area (Å²) in [5, 5.41) is 0. The molecule has 0 bridgehead atoms. The highest BCUT2D eigenvalue weighted by atomic mass is 35.5. The molecular formula is C10H15ClO3. The number of ether oxygens (including phenoxy) is 1. The van der Waals surface area contributed by atoms with E-state index in [9.17, 15) is 9.59 Å². The van der Waals surface area contributed by atoms with Crippen LogP contribution in [-0.2, 0) is 14.3 Å². The Morgan fingerprint density at radius 3 is 2.21 bits per heavy atom. The normalized spacial score (nSPS) is 12.5. The van der Waals surface area contributed by atoms with Crippen LogP contribution in [0.1, 0.15) is 20.8 Å². The average molecular weight is 219 g/mol. The molecule has 0 fully saturated rings. The summed E-state index contributed by atoms with van der Waals surface area (Å²) in [6.07, 6.45) is 1.55. The Balaban J connectivity index is 5.01. The third kappa shape index (κ3) is 3.92. The summed E-state index contributed by atoms with van der Waals surface area (Å²) in [6.45, 7) is 5.00. The maximum absolute atomic E-state index is 11.2. The summed E-state index contributed by atoms with van der Waals surface area (Å²) in [4.78, 5) is 22.3. The van der Waals surface area contributed by atoms with Gasteiger partial charge in [-0.05, 0) is 12.3 Å². The summed E-state index contributed by atoms with van der Waals surface area (Å²) in [5.41, 5.74) is -0.338. The van der Waals surface area contributed by atoms with Crippen molar-refractivity contribution >= 4 is 23.4 Å². The molecule has 0 amide bonds. The van der Waals surface area contributed by atoms with Gasteiger partial charge in [0, 0.05) is 5.88 Å². The maximum Gasteiger partial charge on any atom is 0.341 e. The largest absolute Gasteiger partial charge is 0.465 e. The SMILES string of the molecule is COC(=O)/C(=C/C(C)(C)CCl)C(C)=O. The topological polar surface area (TPSA) is 43.4 Å². The Hall–Kier alpha value is -0.830. The molecule has 0 unspecified atom stereocenters. The van der Waals surface area contributed by atoms with Gasteiger partial charge < -0.3 is 4.74 Å². The molecule has 0 aliphatic rings. The van der Waals surface area contributed by atoms with E-state index < -0.39 is 11.4 Å². The summed E-state index contributed by atoms with van der Waals surface area (Å²) >= 11 is 5.68. The first-order valence-electron chi connectivity index (χ1n) is 4.22. The summed E-state index contributed by atoms with van der Waals surface area (Å²) < 4.78 is 4.49. The molecule has 0 aromatic rings. The minimum absolute atomic E-state index is 0.0538. The second kappa shape index (κ2) is 5.15. The Morgan fingerprint density at radius 1 is 1.43 bits per heavy atom. The minimum atomic E-state index is -0.615. The molecule has 4 heteroatoms. The van der Waals surface area contributed by atoms with Gasteiger partial charge in [-0.3, -0.25) is 4.79 Å². The molecule has 80 valence electrons. The van der Waals surface area contributed by atoms with Crippen molar-refractivity contribution in [3.63, 3.8) is 0 Å². The van der Waals surface area contributed by atoms with E-state index in [1.807, 2.05) is 13.8 Å². The van der Waals surface area contributed by atoms with Crippen molar-refractivity contribution in [2.45, 2.75) is 20.8 Å². The molecule has 0 saturated heterocycles. The number of carbonyl (C=O) groups excluding carboxylic acids is 2. The molecule has 0 heterocycles. The van der Waals surface area contributed by atoms with Crippen LogP contribution in [0.15, 0.2) is 11.6 Å². The summed E-state index contributed by atoms with van der Waals surface area (Å²) in [5.74, 6) is -0.591. The molecule has 0 spiro atoms. The van der Waals surface area contributed by atoms with Gasteiger partial charge in [-0.1, -0.05) is 19.9 Å². The van der Waals surface area contributed by atoms with Crippen molar-refractivity contribution in [3.8, 4) is 0 Å². The first-order chi connectivity index (χ1) is 6.34. The van der Waals surface area contributed by atoms with Gasteiger partial charge >= 0.3 is 5.97 Å². The van der Waals surface area contributed by atoms with Crippen LogP contribution >= 0.6 is 11.6 Å². The highest BCUT2D eigenvalue weighted by Gasteiger charge is 2.21. The number of allylic oxidation sites excluding steroid dienone is 1. The second-order valence-electron chi connectivity index (χ2n) is 3.73. The van der Waals surface area contributed by atoms with Crippen LogP contribution in [-0.4, -0.2) is 24.7 Å². The van der Waals surface area contributed by atoms with E-state index in [-0.39, 0.29) is 11.4 Å². The zero-order valence-electron chi connectivity index (χ0n) is 8.89. The average Bonchev–Trinajstić information content (AvgIpc) is 2.13. The Labute approximate surface area is 89.1 Å². The fourth-order valence-electron chi connectivity index (χ4n) is 0.844. The van der Waals surface area contributed by atoms with E-state index in [1.54, 1.807) is 6.08 Å². The zero-order chi connectivity index (χ0) is 11.4. The van der Waals surface area contributed by atoms with Gasteiger partial charge in [0.1, 0.15) is 0 Å². The lowest BCUT2D eigenvalue weighted by molar-refractivity contribution is -0.137. The lowest BCUT2D eigenvalue weighted by Crippen LogP contribution is -2.18. The number of methoxy groups -OCH3 is 1. The number of Topliss-reactive ketones (excluding diaryl/α,β-unsaturated/α-hetero) is 1. The monoisotopic (exact) mass is 218 g/mol. The fraction of sp³-hybridized carbons (Fsp3) is 0.600. The first-order valence-corrected chi connectivity index (χ1v) is 4.75. The summed E-state index contributed by atoms with van der Waals surface area (Å²) in [6, 6.07) is 0. The predicted molar refractivity (Wildman–Crippen MR) is 55.3 cm³/mol. The van der Waals surface area contributed by atoms with Gasteiger partial charge in [-0.15, -0.1) is 11.6 Å². The molecule has 0 radical (unpaired) electrons. The molecule has 0 N–H and O–H groups in total. The van der Waals surface area contributed by atoms with E-state index in [2.05, 4.69) is 4.74 Å². The van der Waals surface area contributed by atoms with Crippen LogP contribution in [0.4, 0.5) is 0 Å². The quantitative estimate of drug-likeness (QED) is 0.238. The number of esters is 1. The Kier molecular flexibility index (Phi) is 4.85.